The lowest BCUT2D eigenvalue weighted by Crippen LogP contribution is -2.14. The van der Waals surface area contributed by atoms with Crippen molar-refractivity contribution in [1.82, 2.24) is 0 Å². The normalized spacial score (nSPS) is 12.8. The number of halogens is 1. The van der Waals surface area contributed by atoms with Gasteiger partial charge in [-0.2, -0.15) is 0 Å². The number of benzene rings is 1. The van der Waals surface area contributed by atoms with Crippen LogP contribution in [-0.4, -0.2) is 11.1 Å². The van der Waals surface area contributed by atoms with E-state index < -0.39 is 17.8 Å². The average molecular weight is 237 g/mol. The second-order valence-corrected chi connectivity index (χ2v) is 3.83. The Labute approximate surface area is 96.8 Å². The van der Waals surface area contributed by atoms with E-state index in [1.165, 1.54) is 18.4 Å². The van der Waals surface area contributed by atoms with E-state index in [1.54, 1.807) is 6.07 Å². The predicted octanol–water partition coefficient (Wildman–Crippen LogP) is 2.44. The molecule has 1 aromatic carbocycles. The van der Waals surface area contributed by atoms with E-state index in [2.05, 4.69) is 0 Å². The van der Waals surface area contributed by atoms with Crippen LogP contribution in [0, 0.1) is 5.82 Å². The van der Waals surface area contributed by atoms with E-state index in [0.717, 1.165) is 0 Å². The van der Waals surface area contributed by atoms with Gasteiger partial charge >= 0.3 is 5.97 Å². The van der Waals surface area contributed by atoms with Crippen LogP contribution in [0.3, 0.4) is 0 Å². The Morgan fingerprint density at radius 3 is 2.94 bits per heavy atom. The lowest BCUT2D eigenvalue weighted by molar-refractivity contribution is -0.137. The first-order chi connectivity index (χ1) is 8.09. The van der Waals surface area contributed by atoms with Gasteiger partial charge in [0.1, 0.15) is 11.4 Å². The summed E-state index contributed by atoms with van der Waals surface area (Å²) in [6.07, 6.45) is 1.56. The largest absolute Gasteiger partial charge is 0.481 e. The molecule has 0 spiro atoms. The van der Waals surface area contributed by atoms with E-state index >= 15 is 0 Å². The van der Waals surface area contributed by atoms with Crippen LogP contribution in [0.2, 0.25) is 0 Å². The van der Waals surface area contributed by atoms with Gasteiger partial charge in [0.05, 0.1) is 6.26 Å². The Morgan fingerprint density at radius 1 is 1.47 bits per heavy atom. The third-order valence-corrected chi connectivity index (χ3v) is 2.66. The van der Waals surface area contributed by atoms with Gasteiger partial charge in [0, 0.05) is 23.4 Å². The zero-order valence-corrected chi connectivity index (χ0v) is 9.02. The molecule has 17 heavy (non-hydrogen) atoms. The van der Waals surface area contributed by atoms with Gasteiger partial charge in [-0.1, -0.05) is 0 Å². The summed E-state index contributed by atoms with van der Waals surface area (Å²) in [6.45, 7) is 0. The number of fused-ring (bicyclic) bond motifs is 1. The summed E-state index contributed by atoms with van der Waals surface area (Å²) >= 11 is 0. The van der Waals surface area contributed by atoms with Crippen LogP contribution in [0.5, 0.6) is 0 Å². The van der Waals surface area contributed by atoms with Crippen molar-refractivity contribution in [2.75, 3.05) is 0 Å². The van der Waals surface area contributed by atoms with Crippen LogP contribution in [-0.2, 0) is 4.79 Å². The first kappa shape index (κ1) is 11.6. The molecule has 0 radical (unpaired) electrons. The molecule has 0 amide bonds. The molecule has 0 aliphatic rings. The van der Waals surface area contributed by atoms with Crippen molar-refractivity contribution in [2.24, 2.45) is 5.73 Å². The molecule has 5 heteroatoms. The second kappa shape index (κ2) is 4.55. The van der Waals surface area contributed by atoms with Gasteiger partial charge in [-0.05, 0) is 24.6 Å². The van der Waals surface area contributed by atoms with Crippen molar-refractivity contribution in [1.29, 1.82) is 0 Å². The molecule has 2 aromatic rings. The summed E-state index contributed by atoms with van der Waals surface area (Å²) in [4.78, 5) is 10.5. The van der Waals surface area contributed by atoms with E-state index in [-0.39, 0.29) is 12.8 Å². The molecule has 0 saturated heterocycles. The molecule has 2 rings (SSSR count). The first-order valence-corrected chi connectivity index (χ1v) is 5.22. The summed E-state index contributed by atoms with van der Waals surface area (Å²) in [6, 6.07) is 3.79. The smallest absolute Gasteiger partial charge is 0.303 e. The standard InChI is InChI=1S/C12H12FNO3/c13-8-1-3-10-7(5-6-17-10)12(8)9(14)2-4-11(15)16/h1,3,5-6,9H,2,4,14H2,(H,15,16). The van der Waals surface area contributed by atoms with E-state index in [0.29, 0.717) is 16.5 Å². The highest BCUT2D eigenvalue weighted by Crippen LogP contribution is 2.28. The van der Waals surface area contributed by atoms with Crippen molar-refractivity contribution in [2.45, 2.75) is 18.9 Å². The molecule has 4 nitrogen and oxygen atoms in total. The number of nitrogens with two attached hydrogens (primary N) is 1. The third kappa shape index (κ3) is 2.29. The minimum atomic E-state index is -0.944. The molecule has 0 aliphatic heterocycles. The van der Waals surface area contributed by atoms with Gasteiger partial charge in [0.2, 0.25) is 0 Å². The quantitative estimate of drug-likeness (QED) is 0.856. The van der Waals surface area contributed by atoms with Crippen LogP contribution in [0.25, 0.3) is 11.0 Å². The SMILES string of the molecule is NC(CCC(=O)O)c1c(F)ccc2occc12. The Morgan fingerprint density at radius 2 is 2.24 bits per heavy atom. The fourth-order valence-corrected chi connectivity index (χ4v) is 1.84. The molecule has 0 bridgehead atoms. The average Bonchev–Trinajstić information content (AvgIpc) is 2.73. The number of carboxylic acids is 1. The number of carbonyl (C=O) groups is 1. The summed E-state index contributed by atoms with van der Waals surface area (Å²) in [5.74, 6) is -1.38. The summed E-state index contributed by atoms with van der Waals surface area (Å²) in [5.41, 5.74) is 6.69. The molecule has 1 unspecified atom stereocenters. The highest BCUT2D eigenvalue weighted by atomic mass is 19.1. The number of aliphatic carboxylic acids is 1. The summed E-state index contributed by atoms with van der Waals surface area (Å²) in [7, 11) is 0. The van der Waals surface area contributed by atoms with Gasteiger partial charge in [-0.15, -0.1) is 0 Å². The van der Waals surface area contributed by atoms with E-state index in [4.69, 9.17) is 15.3 Å². The number of carboxylic acid groups (broad SMARTS) is 1. The fourth-order valence-electron chi connectivity index (χ4n) is 1.84. The zero-order valence-electron chi connectivity index (χ0n) is 9.02. The van der Waals surface area contributed by atoms with Crippen molar-refractivity contribution in [3.8, 4) is 0 Å². The monoisotopic (exact) mass is 237 g/mol. The number of rotatable bonds is 4. The van der Waals surface area contributed by atoms with E-state index in [1.807, 2.05) is 0 Å². The molecular formula is C12H12FNO3. The van der Waals surface area contributed by atoms with Gasteiger partial charge in [0.15, 0.2) is 0 Å². The van der Waals surface area contributed by atoms with Crippen molar-refractivity contribution < 1.29 is 18.7 Å². The Bertz CT molecular complexity index is 550. The highest BCUT2D eigenvalue weighted by molar-refractivity contribution is 5.81. The number of hydrogen-bond donors (Lipinski definition) is 2. The van der Waals surface area contributed by atoms with Gasteiger partial charge in [0.25, 0.3) is 0 Å². The van der Waals surface area contributed by atoms with Crippen molar-refractivity contribution in [3.63, 3.8) is 0 Å². The third-order valence-electron chi connectivity index (χ3n) is 2.66. The fraction of sp³-hybridized carbons (Fsp3) is 0.250. The maximum atomic E-state index is 13.7. The van der Waals surface area contributed by atoms with E-state index in [9.17, 15) is 9.18 Å². The second-order valence-electron chi connectivity index (χ2n) is 3.83. The zero-order chi connectivity index (χ0) is 12.4. The molecule has 3 N–H and O–H groups in total. The molecule has 90 valence electrons. The van der Waals surface area contributed by atoms with Crippen LogP contribution in [0.1, 0.15) is 24.4 Å². The number of hydrogen-bond acceptors (Lipinski definition) is 3. The van der Waals surface area contributed by atoms with Gasteiger partial charge in [-0.25, -0.2) is 4.39 Å². The maximum Gasteiger partial charge on any atom is 0.303 e. The minimum Gasteiger partial charge on any atom is -0.481 e. The molecular weight excluding hydrogens is 225 g/mol. The Balaban J connectivity index is 2.35. The van der Waals surface area contributed by atoms with Crippen LogP contribution in [0.4, 0.5) is 4.39 Å². The van der Waals surface area contributed by atoms with Crippen LogP contribution >= 0.6 is 0 Å². The lowest BCUT2D eigenvalue weighted by Gasteiger charge is -2.12. The molecule has 0 fully saturated rings. The van der Waals surface area contributed by atoms with Crippen molar-refractivity contribution >= 4 is 16.9 Å². The maximum absolute atomic E-state index is 13.7. The van der Waals surface area contributed by atoms with Crippen LogP contribution in [0.15, 0.2) is 28.9 Å². The Kier molecular flexibility index (Phi) is 3.10. The molecule has 1 aromatic heterocycles. The first-order valence-electron chi connectivity index (χ1n) is 5.22. The molecule has 0 aliphatic carbocycles. The van der Waals surface area contributed by atoms with Gasteiger partial charge in [-0.3, -0.25) is 4.79 Å². The topological polar surface area (TPSA) is 76.5 Å². The molecule has 1 atom stereocenters. The summed E-state index contributed by atoms with van der Waals surface area (Å²) in [5, 5.41) is 9.18. The van der Waals surface area contributed by atoms with Crippen molar-refractivity contribution in [3.05, 3.63) is 35.8 Å². The number of furan rings is 1. The van der Waals surface area contributed by atoms with Gasteiger partial charge < -0.3 is 15.3 Å². The summed E-state index contributed by atoms with van der Waals surface area (Å²) < 4.78 is 18.9. The molecule has 1 heterocycles. The minimum absolute atomic E-state index is 0.0884. The predicted molar refractivity (Wildman–Crippen MR) is 60.0 cm³/mol. The lowest BCUT2D eigenvalue weighted by atomic mass is 9.99. The molecule has 0 saturated carbocycles. The van der Waals surface area contributed by atoms with Crippen LogP contribution < -0.4 is 5.73 Å². The Hall–Kier alpha value is -1.88. The highest BCUT2D eigenvalue weighted by Gasteiger charge is 2.17.